The van der Waals surface area contributed by atoms with Gasteiger partial charge in [0.15, 0.2) is 0 Å². The molecule has 23 heavy (non-hydrogen) atoms. The fourth-order valence-corrected chi connectivity index (χ4v) is 4.57. The van der Waals surface area contributed by atoms with Crippen molar-refractivity contribution in [3.05, 3.63) is 47.0 Å². The van der Waals surface area contributed by atoms with Crippen LogP contribution < -0.4 is 0 Å². The molecule has 8 heteroatoms. The third-order valence-corrected chi connectivity index (χ3v) is 6.07. The second kappa shape index (κ2) is 6.03. The standard InChI is InChI=1S/C15H18FN3O3S/c1-10-15(11(2)18-17-10)23(20,21)19-7-8-22-14(9-19)12-5-3-4-6-13(12)16/h3-6,14H,7-9H2,1-2H3,(H,17,18). The summed E-state index contributed by atoms with van der Waals surface area (Å²) < 4.78 is 46.6. The van der Waals surface area contributed by atoms with Gasteiger partial charge in [0.2, 0.25) is 10.0 Å². The highest BCUT2D eigenvalue weighted by molar-refractivity contribution is 7.89. The van der Waals surface area contributed by atoms with Gasteiger partial charge < -0.3 is 4.74 Å². The normalized spacial score (nSPS) is 19.9. The number of hydrogen-bond acceptors (Lipinski definition) is 4. The molecule has 1 unspecified atom stereocenters. The van der Waals surface area contributed by atoms with Gasteiger partial charge in [-0.1, -0.05) is 18.2 Å². The number of nitrogens with one attached hydrogen (secondary N) is 1. The molecule has 1 aliphatic heterocycles. The molecule has 0 amide bonds. The zero-order valence-corrected chi connectivity index (χ0v) is 13.7. The van der Waals surface area contributed by atoms with Gasteiger partial charge in [-0.3, -0.25) is 5.10 Å². The van der Waals surface area contributed by atoms with Crippen LogP contribution in [0, 0.1) is 19.7 Å². The van der Waals surface area contributed by atoms with Gasteiger partial charge in [-0.25, -0.2) is 12.8 Å². The molecule has 0 spiro atoms. The highest BCUT2D eigenvalue weighted by Crippen LogP contribution is 2.29. The van der Waals surface area contributed by atoms with Crippen molar-refractivity contribution in [2.24, 2.45) is 0 Å². The first-order chi connectivity index (χ1) is 10.9. The Morgan fingerprint density at radius 1 is 1.35 bits per heavy atom. The number of aromatic amines is 1. The van der Waals surface area contributed by atoms with E-state index in [1.54, 1.807) is 32.0 Å². The van der Waals surface area contributed by atoms with Crippen LogP contribution in [-0.2, 0) is 14.8 Å². The topological polar surface area (TPSA) is 75.3 Å². The van der Waals surface area contributed by atoms with E-state index in [-0.39, 0.29) is 24.6 Å². The van der Waals surface area contributed by atoms with Gasteiger partial charge in [0.25, 0.3) is 0 Å². The number of benzene rings is 1. The van der Waals surface area contributed by atoms with E-state index in [9.17, 15) is 12.8 Å². The van der Waals surface area contributed by atoms with Crippen molar-refractivity contribution >= 4 is 10.0 Å². The van der Waals surface area contributed by atoms with Crippen LogP contribution in [0.3, 0.4) is 0 Å². The zero-order chi connectivity index (χ0) is 16.6. The molecule has 1 atom stereocenters. The molecule has 0 bridgehead atoms. The van der Waals surface area contributed by atoms with Crippen LogP contribution in [0.15, 0.2) is 29.2 Å². The lowest BCUT2D eigenvalue weighted by atomic mass is 10.1. The van der Waals surface area contributed by atoms with Crippen LogP contribution in [0.4, 0.5) is 4.39 Å². The summed E-state index contributed by atoms with van der Waals surface area (Å²) in [6, 6.07) is 6.26. The molecule has 124 valence electrons. The third kappa shape index (κ3) is 2.89. The van der Waals surface area contributed by atoms with Crippen molar-refractivity contribution in [1.82, 2.24) is 14.5 Å². The summed E-state index contributed by atoms with van der Waals surface area (Å²) in [5.41, 5.74) is 1.29. The molecule has 3 rings (SSSR count). The minimum absolute atomic E-state index is 0.0767. The molecule has 1 aromatic carbocycles. The molecular formula is C15H18FN3O3S. The van der Waals surface area contributed by atoms with Crippen molar-refractivity contribution in [2.45, 2.75) is 24.8 Å². The number of H-pyrrole nitrogens is 1. The van der Waals surface area contributed by atoms with E-state index in [0.717, 1.165) is 0 Å². The highest BCUT2D eigenvalue weighted by atomic mass is 32.2. The van der Waals surface area contributed by atoms with E-state index >= 15 is 0 Å². The van der Waals surface area contributed by atoms with Crippen LogP contribution in [0.5, 0.6) is 0 Å². The van der Waals surface area contributed by atoms with Crippen LogP contribution in [0.25, 0.3) is 0 Å². The predicted octanol–water partition coefficient (Wildman–Crippen LogP) is 1.93. The largest absolute Gasteiger partial charge is 0.371 e. The SMILES string of the molecule is Cc1n[nH]c(C)c1S(=O)(=O)N1CCOC(c2ccccc2F)C1. The molecule has 2 aromatic rings. The maximum atomic E-state index is 13.9. The molecule has 0 radical (unpaired) electrons. The number of hydrogen-bond donors (Lipinski definition) is 1. The average molecular weight is 339 g/mol. The number of nitrogens with zero attached hydrogens (tertiary/aromatic N) is 2. The van der Waals surface area contributed by atoms with Crippen LogP contribution in [0.1, 0.15) is 23.1 Å². The van der Waals surface area contributed by atoms with E-state index in [0.29, 0.717) is 17.0 Å². The number of sulfonamides is 1. The Morgan fingerprint density at radius 3 is 2.74 bits per heavy atom. The zero-order valence-electron chi connectivity index (χ0n) is 12.9. The van der Waals surface area contributed by atoms with Crippen molar-refractivity contribution in [1.29, 1.82) is 0 Å². The molecule has 1 aromatic heterocycles. The van der Waals surface area contributed by atoms with E-state index in [1.807, 2.05) is 0 Å². The van der Waals surface area contributed by atoms with Crippen molar-refractivity contribution in [3.8, 4) is 0 Å². The minimum atomic E-state index is -3.70. The molecule has 0 aliphatic carbocycles. The first kappa shape index (κ1) is 16.1. The van der Waals surface area contributed by atoms with E-state index in [1.165, 1.54) is 10.4 Å². The van der Waals surface area contributed by atoms with Gasteiger partial charge >= 0.3 is 0 Å². The lowest BCUT2D eigenvalue weighted by Crippen LogP contribution is -2.42. The van der Waals surface area contributed by atoms with Crippen molar-refractivity contribution in [3.63, 3.8) is 0 Å². The molecule has 1 fully saturated rings. The number of morpholine rings is 1. The summed E-state index contributed by atoms with van der Waals surface area (Å²) in [7, 11) is -3.70. The summed E-state index contributed by atoms with van der Waals surface area (Å²) in [4.78, 5) is 0.187. The van der Waals surface area contributed by atoms with E-state index < -0.39 is 21.9 Å². The Hall–Kier alpha value is -1.77. The Kier molecular flexibility index (Phi) is 4.22. The molecule has 1 N–H and O–H groups in total. The number of ether oxygens (including phenoxy) is 1. The first-order valence-corrected chi connectivity index (χ1v) is 8.73. The first-order valence-electron chi connectivity index (χ1n) is 7.29. The van der Waals surface area contributed by atoms with Crippen LogP contribution in [-0.4, -0.2) is 42.6 Å². The fourth-order valence-electron chi connectivity index (χ4n) is 2.82. The number of halogens is 1. The molecule has 1 saturated heterocycles. The van der Waals surface area contributed by atoms with Crippen molar-refractivity contribution < 1.29 is 17.5 Å². The predicted molar refractivity (Wildman–Crippen MR) is 81.9 cm³/mol. The van der Waals surface area contributed by atoms with Gasteiger partial charge in [-0.05, 0) is 19.9 Å². The Balaban J connectivity index is 1.91. The van der Waals surface area contributed by atoms with Crippen molar-refractivity contribution in [2.75, 3.05) is 19.7 Å². The molecule has 2 heterocycles. The fraction of sp³-hybridized carbons (Fsp3) is 0.400. The molecule has 0 saturated carbocycles. The molecular weight excluding hydrogens is 321 g/mol. The maximum absolute atomic E-state index is 13.9. The van der Waals surface area contributed by atoms with E-state index in [4.69, 9.17) is 4.74 Å². The van der Waals surface area contributed by atoms with Gasteiger partial charge in [-0.2, -0.15) is 9.40 Å². The van der Waals surface area contributed by atoms with Gasteiger partial charge in [0.1, 0.15) is 10.7 Å². The summed E-state index contributed by atoms with van der Waals surface area (Å²) >= 11 is 0. The minimum Gasteiger partial charge on any atom is -0.371 e. The number of rotatable bonds is 3. The lowest BCUT2D eigenvalue weighted by molar-refractivity contribution is -0.00444. The van der Waals surface area contributed by atoms with Gasteiger partial charge in [-0.15, -0.1) is 0 Å². The summed E-state index contributed by atoms with van der Waals surface area (Å²) in [6.45, 7) is 3.84. The summed E-state index contributed by atoms with van der Waals surface area (Å²) in [5, 5.41) is 6.63. The van der Waals surface area contributed by atoms with E-state index in [2.05, 4.69) is 10.2 Å². The average Bonchev–Trinajstić information content (AvgIpc) is 2.87. The molecule has 1 aliphatic rings. The smallest absolute Gasteiger partial charge is 0.246 e. The Labute approximate surface area is 134 Å². The Bertz CT molecular complexity index is 800. The number of aryl methyl sites for hydroxylation is 2. The number of aromatic nitrogens is 2. The monoisotopic (exact) mass is 339 g/mol. The van der Waals surface area contributed by atoms with Crippen LogP contribution in [0.2, 0.25) is 0 Å². The van der Waals surface area contributed by atoms with Gasteiger partial charge in [0.05, 0.1) is 24.1 Å². The van der Waals surface area contributed by atoms with Gasteiger partial charge in [0, 0.05) is 18.7 Å². The van der Waals surface area contributed by atoms with Crippen LogP contribution >= 0.6 is 0 Å². The second-order valence-electron chi connectivity index (χ2n) is 5.51. The second-order valence-corrected chi connectivity index (χ2v) is 7.38. The summed E-state index contributed by atoms with van der Waals surface area (Å²) in [5.74, 6) is -0.396. The highest BCUT2D eigenvalue weighted by Gasteiger charge is 2.35. The Morgan fingerprint density at radius 2 is 2.09 bits per heavy atom. The molecule has 6 nitrogen and oxygen atoms in total. The lowest BCUT2D eigenvalue weighted by Gasteiger charge is -2.32. The third-order valence-electron chi connectivity index (χ3n) is 3.94. The summed E-state index contributed by atoms with van der Waals surface area (Å²) in [6.07, 6.45) is -0.618. The quantitative estimate of drug-likeness (QED) is 0.927. The maximum Gasteiger partial charge on any atom is 0.246 e.